The molecule has 3 rings (SSSR count). The van der Waals surface area contributed by atoms with Crippen LogP contribution in [0.3, 0.4) is 0 Å². The molecule has 1 N–H and O–H groups in total. The van der Waals surface area contributed by atoms with Gasteiger partial charge < -0.3 is 5.11 Å². The van der Waals surface area contributed by atoms with Crippen molar-refractivity contribution in [1.29, 1.82) is 0 Å². The summed E-state index contributed by atoms with van der Waals surface area (Å²) in [5.74, 6) is 0.178. The molecule has 0 aliphatic carbocycles. The molecule has 0 unspecified atom stereocenters. The molecule has 0 aliphatic rings. The van der Waals surface area contributed by atoms with Crippen molar-refractivity contribution in [3.63, 3.8) is 0 Å². The lowest BCUT2D eigenvalue weighted by molar-refractivity contribution is 0.477. The predicted octanol–water partition coefficient (Wildman–Crippen LogP) is 4.32. The lowest BCUT2D eigenvalue weighted by Crippen LogP contribution is -1.94. The van der Waals surface area contributed by atoms with Crippen LogP contribution in [0.2, 0.25) is 0 Å². The molecular weight excluding hydrogens is 316 g/mol. The first-order valence-electron chi connectivity index (χ1n) is 6.25. The quantitative estimate of drug-likeness (QED) is 0.760. The maximum absolute atomic E-state index is 10.1. The topological polar surface area (TPSA) is 38.0 Å². The fraction of sp³-hybridized carbons (Fsp3) is 0.0625. The highest BCUT2D eigenvalue weighted by Crippen LogP contribution is 2.29. The van der Waals surface area contributed by atoms with Crippen molar-refractivity contribution in [2.75, 3.05) is 0 Å². The van der Waals surface area contributed by atoms with Gasteiger partial charge in [0.15, 0.2) is 5.75 Å². The van der Waals surface area contributed by atoms with E-state index in [1.54, 1.807) is 10.9 Å². The molecule has 0 saturated heterocycles. The number of aryl methyl sites for hydroxylation is 1. The van der Waals surface area contributed by atoms with Gasteiger partial charge in [-0.05, 0) is 31.2 Å². The Morgan fingerprint density at radius 2 is 1.65 bits per heavy atom. The summed E-state index contributed by atoms with van der Waals surface area (Å²) in [6, 6.07) is 15.7. The third kappa shape index (κ3) is 2.47. The van der Waals surface area contributed by atoms with E-state index in [4.69, 9.17) is 0 Å². The van der Waals surface area contributed by atoms with E-state index < -0.39 is 0 Å². The maximum atomic E-state index is 10.1. The van der Waals surface area contributed by atoms with Gasteiger partial charge in [0.1, 0.15) is 5.69 Å². The number of nitrogens with zero attached hydrogens (tertiary/aromatic N) is 2. The summed E-state index contributed by atoms with van der Waals surface area (Å²) in [6.45, 7) is 2.03. The number of aromatic nitrogens is 2. The molecule has 3 nitrogen and oxygen atoms in total. The van der Waals surface area contributed by atoms with E-state index in [1.807, 2.05) is 55.5 Å². The van der Waals surface area contributed by atoms with Crippen molar-refractivity contribution in [3.8, 4) is 22.7 Å². The summed E-state index contributed by atoms with van der Waals surface area (Å²) >= 11 is 3.40. The molecule has 0 aliphatic heterocycles. The third-order valence-corrected chi connectivity index (χ3v) is 3.64. The van der Waals surface area contributed by atoms with E-state index in [-0.39, 0.29) is 5.75 Å². The smallest absolute Gasteiger partial charge is 0.162 e. The number of halogens is 1. The number of aromatic hydroxyl groups is 1. The highest BCUT2D eigenvalue weighted by Gasteiger charge is 2.11. The summed E-state index contributed by atoms with van der Waals surface area (Å²) in [6.07, 6.45) is 1.62. The van der Waals surface area contributed by atoms with E-state index in [1.165, 1.54) is 5.56 Å². The van der Waals surface area contributed by atoms with Crippen LogP contribution in [0.1, 0.15) is 5.56 Å². The third-order valence-electron chi connectivity index (χ3n) is 3.11. The van der Waals surface area contributed by atoms with Crippen molar-refractivity contribution >= 4 is 15.9 Å². The summed E-state index contributed by atoms with van der Waals surface area (Å²) in [5, 5.41) is 14.5. The number of benzene rings is 2. The number of rotatable bonds is 2. The van der Waals surface area contributed by atoms with Crippen LogP contribution in [0.4, 0.5) is 0 Å². The average Bonchev–Trinajstić information content (AvgIpc) is 2.82. The zero-order chi connectivity index (χ0) is 14.1. The van der Waals surface area contributed by atoms with Crippen LogP contribution >= 0.6 is 15.9 Å². The Kier molecular flexibility index (Phi) is 3.32. The minimum Gasteiger partial charge on any atom is -0.504 e. The Bertz CT molecular complexity index is 730. The van der Waals surface area contributed by atoms with Crippen molar-refractivity contribution in [1.82, 2.24) is 9.78 Å². The molecule has 0 fully saturated rings. The van der Waals surface area contributed by atoms with Crippen molar-refractivity contribution < 1.29 is 5.11 Å². The van der Waals surface area contributed by atoms with Gasteiger partial charge in [0, 0.05) is 10.0 Å². The SMILES string of the molecule is Cc1ccc(-c2nn(-c3ccc(Br)cc3)cc2O)cc1. The minimum absolute atomic E-state index is 0.178. The number of hydrogen-bond acceptors (Lipinski definition) is 2. The van der Waals surface area contributed by atoms with E-state index in [0.29, 0.717) is 5.69 Å². The van der Waals surface area contributed by atoms with Gasteiger partial charge in [-0.2, -0.15) is 5.10 Å². The zero-order valence-corrected chi connectivity index (χ0v) is 12.5. The van der Waals surface area contributed by atoms with Crippen LogP contribution in [0.15, 0.2) is 59.2 Å². The second kappa shape index (κ2) is 5.13. The van der Waals surface area contributed by atoms with Gasteiger partial charge in [-0.3, -0.25) is 0 Å². The van der Waals surface area contributed by atoms with Crippen molar-refractivity contribution in [2.24, 2.45) is 0 Å². The van der Waals surface area contributed by atoms with Crippen LogP contribution in [-0.4, -0.2) is 14.9 Å². The molecular formula is C16H13BrN2O. The van der Waals surface area contributed by atoms with E-state index >= 15 is 0 Å². The second-order valence-electron chi connectivity index (χ2n) is 4.65. The molecule has 2 aromatic carbocycles. The summed E-state index contributed by atoms with van der Waals surface area (Å²) in [5.41, 5.74) is 3.58. The monoisotopic (exact) mass is 328 g/mol. The van der Waals surface area contributed by atoms with Gasteiger partial charge in [-0.25, -0.2) is 4.68 Å². The Labute approximate surface area is 125 Å². The second-order valence-corrected chi connectivity index (χ2v) is 5.57. The Morgan fingerprint density at radius 1 is 1.00 bits per heavy atom. The van der Waals surface area contributed by atoms with Gasteiger partial charge >= 0.3 is 0 Å². The fourth-order valence-corrected chi connectivity index (χ4v) is 2.27. The molecule has 0 spiro atoms. The molecule has 1 aromatic heterocycles. The van der Waals surface area contributed by atoms with Gasteiger partial charge in [0.05, 0.1) is 11.9 Å². The molecule has 4 heteroatoms. The van der Waals surface area contributed by atoms with Crippen LogP contribution < -0.4 is 0 Å². The first-order valence-corrected chi connectivity index (χ1v) is 7.04. The van der Waals surface area contributed by atoms with Crippen LogP contribution in [0.5, 0.6) is 5.75 Å². The van der Waals surface area contributed by atoms with Crippen LogP contribution in [0.25, 0.3) is 16.9 Å². The summed E-state index contributed by atoms with van der Waals surface area (Å²) in [4.78, 5) is 0. The van der Waals surface area contributed by atoms with Gasteiger partial charge in [-0.15, -0.1) is 0 Å². The molecule has 0 radical (unpaired) electrons. The highest BCUT2D eigenvalue weighted by atomic mass is 79.9. The predicted molar refractivity (Wildman–Crippen MR) is 83.1 cm³/mol. The van der Waals surface area contributed by atoms with E-state index in [0.717, 1.165) is 15.7 Å². The summed E-state index contributed by atoms with van der Waals surface area (Å²) < 4.78 is 2.69. The molecule has 3 aromatic rings. The minimum atomic E-state index is 0.178. The van der Waals surface area contributed by atoms with Crippen molar-refractivity contribution in [3.05, 3.63) is 64.8 Å². The first kappa shape index (κ1) is 12.9. The fourth-order valence-electron chi connectivity index (χ4n) is 2.01. The molecule has 100 valence electrons. The van der Waals surface area contributed by atoms with E-state index in [9.17, 15) is 5.11 Å². The molecule has 0 amide bonds. The normalized spacial score (nSPS) is 10.7. The van der Waals surface area contributed by atoms with Gasteiger partial charge in [-0.1, -0.05) is 45.8 Å². The molecule has 20 heavy (non-hydrogen) atoms. The maximum Gasteiger partial charge on any atom is 0.162 e. The molecule has 0 bridgehead atoms. The Hall–Kier alpha value is -2.07. The highest BCUT2D eigenvalue weighted by molar-refractivity contribution is 9.10. The van der Waals surface area contributed by atoms with Gasteiger partial charge in [0.2, 0.25) is 0 Å². The average molecular weight is 329 g/mol. The lowest BCUT2D eigenvalue weighted by Gasteiger charge is -2.01. The van der Waals surface area contributed by atoms with Crippen molar-refractivity contribution in [2.45, 2.75) is 6.92 Å². The van der Waals surface area contributed by atoms with E-state index in [2.05, 4.69) is 21.0 Å². The number of hydrogen-bond donors (Lipinski definition) is 1. The van der Waals surface area contributed by atoms with Crippen LogP contribution in [0, 0.1) is 6.92 Å². The molecule has 1 heterocycles. The Balaban J connectivity index is 2.02. The molecule has 0 saturated carbocycles. The summed E-state index contributed by atoms with van der Waals surface area (Å²) in [7, 11) is 0. The van der Waals surface area contributed by atoms with Crippen LogP contribution in [-0.2, 0) is 0 Å². The largest absolute Gasteiger partial charge is 0.504 e. The Morgan fingerprint density at radius 3 is 2.30 bits per heavy atom. The standard InChI is InChI=1S/C16H13BrN2O/c1-11-2-4-12(5-3-11)16-15(20)10-19(18-16)14-8-6-13(17)7-9-14/h2-10,20H,1H3. The lowest BCUT2D eigenvalue weighted by atomic mass is 10.1. The molecule has 0 atom stereocenters. The zero-order valence-electron chi connectivity index (χ0n) is 10.9. The first-order chi connectivity index (χ1) is 9.63. The van der Waals surface area contributed by atoms with Gasteiger partial charge in [0.25, 0.3) is 0 Å².